The van der Waals surface area contributed by atoms with Crippen molar-refractivity contribution in [2.75, 3.05) is 33.9 Å². The number of ether oxygens (including phenoxy) is 2. The number of rotatable bonds is 8. The molecule has 1 rings (SSSR count). The first kappa shape index (κ1) is 18.4. The summed E-state index contributed by atoms with van der Waals surface area (Å²) in [5.41, 5.74) is -0.521. The van der Waals surface area contributed by atoms with Gasteiger partial charge in [-0.25, -0.2) is 0 Å². The second-order valence-electron chi connectivity index (χ2n) is 6.18. The average molecular weight is 300 g/mol. The van der Waals surface area contributed by atoms with E-state index in [1.54, 1.807) is 7.11 Å². The van der Waals surface area contributed by atoms with E-state index in [2.05, 4.69) is 24.1 Å². The van der Waals surface area contributed by atoms with Crippen LogP contribution in [0.2, 0.25) is 0 Å². The highest BCUT2D eigenvalue weighted by Crippen LogP contribution is 2.33. The van der Waals surface area contributed by atoms with E-state index in [4.69, 9.17) is 9.47 Å². The standard InChI is InChI=1S/C16H32N2O3/c1-6-17-16(15(19)21-5)9-7-8-14(12-16)18(13(2)3)10-11-20-4/h13-14,17H,6-12H2,1-5H3. The van der Waals surface area contributed by atoms with Crippen molar-refractivity contribution in [2.24, 2.45) is 0 Å². The van der Waals surface area contributed by atoms with Gasteiger partial charge < -0.3 is 14.8 Å². The molecule has 0 aromatic rings. The number of esters is 1. The van der Waals surface area contributed by atoms with Crippen molar-refractivity contribution >= 4 is 5.97 Å². The number of likely N-dealkylation sites (N-methyl/N-ethyl adjacent to an activating group) is 1. The summed E-state index contributed by atoms with van der Waals surface area (Å²) in [4.78, 5) is 14.8. The summed E-state index contributed by atoms with van der Waals surface area (Å²) >= 11 is 0. The van der Waals surface area contributed by atoms with Gasteiger partial charge in [-0.05, 0) is 46.1 Å². The maximum Gasteiger partial charge on any atom is 0.326 e. The Morgan fingerprint density at radius 2 is 2.14 bits per heavy atom. The van der Waals surface area contributed by atoms with E-state index in [-0.39, 0.29) is 5.97 Å². The number of methoxy groups -OCH3 is 2. The number of carbonyl (C=O) groups is 1. The lowest BCUT2D eigenvalue weighted by Gasteiger charge is -2.44. The first-order valence-electron chi connectivity index (χ1n) is 8.09. The second kappa shape index (κ2) is 8.71. The van der Waals surface area contributed by atoms with Crippen molar-refractivity contribution in [3.8, 4) is 0 Å². The highest BCUT2D eigenvalue weighted by molar-refractivity contribution is 5.81. The largest absolute Gasteiger partial charge is 0.468 e. The Balaban J connectivity index is 2.85. The maximum absolute atomic E-state index is 12.3. The van der Waals surface area contributed by atoms with Gasteiger partial charge in [-0.1, -0.05) is 6.92 Å². The first-order chi connectivity index (χ1) is 10.0. The molecule has 0 heterocycles. The summed E-state index contributed by atoms with van der Waals surface area (Å²) in [6.45, 7) is 8.86. The lowest BCUT2D eigenvalue weighted by atomic mass is 9.78. The summed E-state index contributed by atoms with van der Waals surface area (Å²) in [5, 5.41) is 3.40. The Bertz CT molecular complexity index is 319. The summed E-state index contributed by atoms with van der Waals surface area (Å²) in [6, 6.07) is 0.840. The first-order valence-corrected chi connectivity index (χ1v) is 8.09. The van der Waals surface area contributed by atoms with Crippen LogP contribution in [0, 0.1) is 0 Å². The van der Waals surface area contributed by atoms with Gasteiger partial charge in [0.1, 0.15) is 5.54 Å². The highest BCUT2D eigenvalue weighted by Gasteiger charge is 2.44. The summed E-state index contributed by atoms with van der Waals surface area (Å²) in [5.74, 6) is -0.121. The fraction of sp³-hybridized carbons (Fsp3) is 0.938. The molecular formula is C16H32N2O3. The van der Waals surface area contributed by atoms with Crippen molar-refractivity contribution in [1.29, 1.82) is 0 Å². The molecule has 1 saturated carbocycles. The summed E-state index contributed by atoms with van der Waals surface area (Å²) in [6.07, 6.45) is 3.85. The van der Waals surface area contributed by atoms with Crippen LogP contribution in [0.25, 0.3) is 0 Å². The molecule has 2 unspecified atom stereocenters. The Morgan fingerprint density at radius 3 is 2.67 bits per heavy atom. The van der Waals surface area contributed by atoms with Crippen LogP contribution >= 0.6 is 0 Å². The fourth-order valence-electron chi connectivity index (χ4n) is 3.54. The zero-order chi connectivity index (χ0) is 15.9. The number of hydrogen-bond acceptors (Lipinski definition) is 5. The van der Waals surface area contributed by atoms with Crippen molar-refractivity contribution in [3.63, 3.8) is 0 Å². The molecule has 0 amide bonds. The molecule has 0 aromatic heterocycles. The van der Waals surface area contributed by atoms with Crippen LogP contribution in [0.3, 0.4) is 0 Å². The van der Waals surface area contributed by atoms with Gasteiger partial charge in [-0.3, -0.25) is 9.69 Å². The molecule has 1 N–H and O–H groups in total. The SMILES string of the molecule is CCNC1(C(=O)OC)CCCC(N(CCOC)C(C)C)C1. The van der Waals surface area contributed by atoms with Gasteiger partial charge in [-0.2, -0.15) is 0 Å². The van der Waals surface area contributed by atoms with E-state index in [9.17, 15) is 4.79 Å². The van der Waals surface area contributed by atoms with Gasteiger partial charge in [0.25, 0.3) is 0 Å². The minimum absolute atomic E-state index is 0.121. The topological polar surface area (TPSA) is 50.8 Å². The third kappa shape index (κ3) is 4.66. The average Bonchev–Trinajstić information content (AvgIpc) is 2.47. The van der Waals surface area contributed by atoms with Gasteiger partial charge in [-0.15, -0.1) is 0 Å². The Labute approximate surface area is 129 Å². The van der Waals surface area contributed by atoms with Gasteiger partial charge in [0.2, 0.25) is 0 Å². The van der Waals surface area contributed by atoms with Crippen molar-refractivity contribution in [3.05, 3.63) is 0 Å². The van der Waals surface area contributed by atoms with Gasteiger partial charge in [0.15, 0.2) is 0 Å². The van der Waals surface area contributed by atoms with Gasteiger partial charge in [0, 0.05) is 25.7 Å². The lowest BCUT2D eigenvalue weighted by Crippen LogP contribution is -2.59. The summed E-state index contributed by atoms with van der Waals surface area (Å²) < 4.78 is 10.3. The molecule has 1 aliphatic rings. The van der Waals surface area contributed by atoms with Gasteiger partial charge >= 0.3 is 5.97 Å². The third-order valence-electron chi connectivity index (χ3n) is 4.50. The zero-order valence-corrected chi connectivity index (χ0v) is 14.3. The van der Waals surface area contributed by atoms with E-state index in [1.807, 2.05) is 6.92 Å². The van der Waals surface area contributed by atoms with Crippen molar-refractivity contribution < 1.29 is 14.3 Å². The molecular weight excluding hydrogens is 268 g/mol. The van der Waals surface area contributed by atoms with E-state index < -0.39 is 5.54 Å². The van der Waals surface area contributed by atoms with E-state index in [1.165, 1.54) is 7.11 Å². The minimum atomic E-state index is -0.521. The third-order valence-corrected chi connectivity index (χ3v) is 4.50. The van der Waals surface area contributed by atoms with Crippen molar-refractivity contribution in [1.82, 2.24) is 10.2 Å². The predicted octanol–water partition coefficient (Wildman–Crippen LogP) is 1.81. The van der Waals surface area contributed by atoms with Crippen LogP contribution in [0.5, 0.6) is 0 Å². The monoisotopic (exact) mass is 300 g/mol. The molecule has 21 heavy (non-hydrogen) atoms. The molecule has 124 valence electrons. The predicted molar refractivity (Wildman–Crippen MR) is 84.4 cm³/mol. The zero-order valence-electron chi connectivity index (χ0n) is 14.3. The van der Waals surface area contributed by atoms with E-state index in [0.29, 0.717) is 12.1 Å². The molecule has 0 bridgehead atoms. The molecule has 5 nitrogen and oxygen atoms in total. The Hall–Kier alpha value is -0.650. The van der Waals surface area contributed by atoms with Crippen LogP contribution in [-0.4, -0.2) is 62.4 Å². The van der Waals surface area contributed by atoms with E-state index >= 15 is 0 Å². The molecule has 2 atom stereocenters. The highest BCUT2D eigenvalue weighted by atomic mass is 16.5. The molecule has 5 heteroatoms. The maximum atomic E-state index is 12.3. The molecule has 1 fully saturated rings. The van der Waals surface area contributed by atoms with Crippen molar-refractivity contribution in [2.45, 2.75) is 64.1 Å². The second-order valence-corrected chi connectivity index (χ2v) is 6.18. The molecule has 1 aliphatic carbocycles. The smallest absolute Gasteiger partial charge is 0.326 e. The number of nitrogens with zero attached hydrogens (tertiary/aromatic N) is 1. The van der Waals surface area contributed by atoms with Crippen LogP contribution in [0.15, 0.2) is 0 Å². The molecule has 0 radical (unpaired) electrons. The van der Waals surface area contributed by atoms with E-state index in [0.717, 1.165) is 45.4 Å². The number of nitrogens with one attached hydrogen (secondary N) is 1. The summed E-state index contributed by atoms with van der Waals surface area (Å²) in [7, 11) is 3.22. The normalized spacial score (nSPS) is 26.3. The van der Waals surface area contributed by atoms with Crippen LogP contribution < -0.4 is 5.32 Å². The minimum Gasteiger partial charge on any atom is -0.468 e. The molecule has 0 aliphatic heterocycles. The lowest BCUT2D eigenvalue weighted by molar-refractivity contribution is -0.151. The van der Waals surface area contributed by atoms with Gasteiger partial charge in [0.05, 0.1) is 13.7 Å². The number of hydrogen-bond donors (Lipinski definition) is 1. The molecule has 0 spiro atoms. The van der Waals surface area contributed by atoms with Crippen LogP contribution in [0.1, 0.15) is 46.5 Å². The molecule has 0 saturated heterocycles. The quantitative estimate of drug-likeness (QED) is 0.693. The number of carbonyl (C=O) groups excluding carboxylic acids is 1. The van der Waals surface area contributed by atoms with Crippen LogP contribution in [0.4, 0.5) is 0 Å². The Kier molecular flexibility index (Phi) is 7.63. The molecule has 0 aromatic carbocycles. The Morgan fingerprint density at radius 1 is 1.43 bits per heavy atom. The van der Waals surface area contributed by atoms with Crippen LogP contribution in [-0.2, 0) is 14.3 Å². The fourth-order valence-corrected chi connectivity index (χ4v) is 3.54.